The molecular weight excluding hydrogens is 318 g/mol. The van der Waals surface area contributed by atoms with Crippen molar-refractivity contribution in [2.24, 2.45) is 0 Å². The maximum absolute atomic E-state index is 12.1. The van der Waals surface area contributed by atoms with Crippen LogP contribution < -0.4 is 10.1 Å². The number of hydrogen-bond donors (Lipinski definition) is 1. The molecule has 0 aromatic heterocycles. The summed E-state index contributed by atoms with van der Waals surface area (Å²) in [6, 6.07) is 7.48. The van der Waals surface area contributed by atoms with Crippen molar-refractivity contribution in [3.05, 3.63) is 47.1 Å². The second-order valence-corrected chi connectivity index (χ2v) is 6.28. The SMILES string of the molecule is O=C(COC(=O)C1=Cc2ccccc2OC1)NCCC1=CCCCC1. The van der Waals surface area contributed by atoms with Crippen molar-refractivity contribution < 1.29 is 19.1 Å². The minimum absolute atomic E-state index is 0.158. The van der Waals surface area contributed by atoms with Crippen LogP contribution in [0.3, 0.4) is 0 Å². The molecule has 3 rings (SSSR count). The van der Waals surface area contributed by atoms with Crippen LogP contribution in [-0.2, 0) is 14.3 Å². The van der Waals surface area contributed by atoms with Crippen LogP contribution in [0.2, 0.25) is 0 Å². The first-order valence-corrected chi connectivity index (χ1v) is 8.76. The number of rotatable bonds is 6. The van der Waals surface area contributed by atoms with E-state index in [9.17, 15) is 9.59 Å². The fraction of sp³-hybridized carbons (Fsp3) is 0.400. The highest BCUT2D eigenvalue weighted by atomic mass is 16.5. The van der Waals surface area contributed by atoms with Crippen LogP contribution in [0.25, 0.3) is 6.08 Å². The van der Waals surface area contributed by atoms with Crippen molar-refractivity contribution in [1.82, 2.24) is 5.32 Å². The van der Waals surface area contributed by atoms with Gasteiger partial charge in [-0.15, -0.1) is 0 Å². The molecule has 1 N–H and O–H groups in total. The van der Waals surface area contributed by atoms with Crippen LogP contribution in [0.15, 0.2) is 41.5 Å². The Hall–Kier alpha value is -2.56. The normalized spacial score (nSPS) is 16.0. The van der Waals surface area contributed by atoms with E-state index < -0.39 is 5.97 Å². The Morgan fingerprint density at radius 3 is 2.92 bits per heavy atom. The molecule has 1 amide bonds. The first kappa shape index (κ1) is 17.3. The molecule has 0 saturated carbocycles. The van der Waals surface area contributed by atoms with Crippen LogP contribution in [0.4, 0.5) is 0 Å². The fourth-order valence-electron chi connectivity index (χ4n) is 3.00. The van der Waals surface area contributed by atoms with Crippen molar-refractivity contribution >= 4 is 18.0 Å². The molecule has 1 heterocycles. The average Bonchev–Trinajstić information content (AvgIpc) is 2.66. The maximum Gasteiger partial charge on any atom is 0.338 e. The predicted octanol–water partition coefficient (Wildman–Crippen LogP) is 3.01. The van der Waals surface area contributed by atoms with Gasteiger partial charge in [0.2, 0.25) is 0 Å². The van der Waals surface area contributed by atoms with E-state index in [4.69, 9.17) is 9.47 Å². The third kappa shape index (κ3) is 4.95. The summed E-state index contributed by atoms with van der Waals surface area (Å²) in [7, 11) is 0. The molecule has 0 saturated heterocycles. The number of benzene rings is 1. The number of amides is 1. The minimum Gasteiger partial charge on any atom is -0.488 e. The Kier molecular flexibility index (Phi) is 5.88. The van der Waals surface area contributed by atoms with Gasteiger partial charge in [-0.05, 0) is 44.2 Å². The molecule has 1 aliphatic carbocycles. The first-order valence-electron chi connectivity index (χ1n) is 8.76. The summed E-state index contributed by atoms with van der Waals surface area (Å²) in [5, 5.41) is 2.80. The van der Waals surface area contributed by atoms with Gasteiger partial charge < -0.3 is 14.8 Å². The Balaban J connectivity index is 1.41. The highest BCUT2D eigenvalue weighted by Gasteiger charge is 2.19. The first-order chi connectivity index (χ1) is 12.2. The molecule has 0 radical (unpaired) electrons. The van der Waals surface area contributed by atoms with E-state index >= 15 is 0 Å². The molecule has 0 spiro atoms. The summed E-state index contributed by atoms with van der Waals surface area (Å²) in [5.41, 5.74) is 2.66. The summed E-state index contributed by atoms with van der Waals surface area (Å²) in [6.45, 7) is 0.476. The third-order valence-corrected chi connectivity index (χ3v) is 4.38. The molecule has 0 unspecified atom stereocenters. The van der Waals surface area contributed by atoms with Gasteiger partial charge in [0.25, 0.3) is 5.91 Å². The molecule has 0 fully saturated rings. The number of ether oxygens (including phenoxy) is 2. The van der Waals surface area contributed by atoms with Crippen molar-refractivity contribution in [2.75, 3.05) is 19.8 Å². The number of hydrogen-bond acceptors (Lipinski definition) is 4. The van der Waals surface area contributed by atoms with Crippen molar-refractivity contribution in [2.45, 2.75) is 32.1 Å². The van der Waals surface area contributed by atoms with E-state index in [2.05, 4.69) is 11.4 Å². The molecule has 5 nitrogen and oxygen atoms in total. The van der Waals surface area contributed by atoms with Gasteiger partial charge in [0, 0.05) is 12.1 Å². The van der Waals surface area contributed by atoms with Crippen LogP contribution in [0.1, 0.15) is 37.7 Å². The van der Waals surface area contributed by atoms with Crippen LogP contribution >= 0.6 is 0 Å². The summed E-state index contributed by atoms with van der Waals surface area (Å²) in [4.78, 5) is 23.9. The number of para-hydroxylation sites is 1. The lowest BCUT2D eigenvalue weighted by atomic mass is 9.97. The van der Waals surface area contributed by atoms with Crippen LogP contribution in [-0.4, -0.2) is 31.6 Å². The second kappa shape index (κ2) is 8.51. The Labute approximate surface area is 147 Å². The highest BCUT2D eigenvalue weighted by molar-refractivity contribution is 5.96. The van der Waals surface area contributed by atoms with Crippen molar-refractivity contribution in [3.63, 3.8) is 0 Å². The molecule has 132 valence electrons. The summed E-state index contributed by atoms with van der Waals surface area (Å²) < 4.78 is 10.6. The highest BCUT2D eigenvalue weighted by Crippen LogP contribution is 2.26. The van der Waals surface area contributed by atoms with E-state index in [-0.39, 0.29) is 19.1 Å². The largest absolute Gasteiger partial charge is 0.488 e. The summed E-state index contributed by atoms with van der Waals surface area (Å²) >= 11 is 0. The summed E-state index contributed by atoms with van der Waals surface area (Å²) in [6.07, 6.45) is 9.64. The molecule has 5 heteroatoms. The number of carbonyl (C=O) groups excluding carboxylic acids is 2. The topological polar surface area (TPSA) is 64.6 Å². The smallest absolute Gasteiger partial charge is 0.338 e. The van der Waals surface area contributed by atoms with Crippen LogP contribution in [0.5, 0.6) is 5.75 Å². The van der Waals surface area contributed by atoms with E-state index in [1.54, 1.807) is 6.08 Å². The second-order valence-electron chi connectivity index (χ2n) is 6.28. The van der Waals surface area contributed by atoms with Gasteiger partial charge in [-0.1, -0.05) is 29.8 Å². The third-order valence-electron chi connectivity index (χ3n) is 4.38. The quantitative estimate of drug-likeness (QED) is 0.638. The lowest BCUT2D eigenvalue weighted by Crippen LogP contribution is -2.30. The van der Waals surface area contributed by atoms with E-state index in [1.807, 2.05) is 24.3 Å². The zero-order valence-corrected chi connectivity index (χ0v) is 14.3. The zero-order valence-electron chi connectivity index (χ0n) is 14.3. The molecule has 1 aromatic carbocycles. The molecule has 25 heavy (non-hydrogen) atoms. The number of fused-ring (bicyclic) bond motifs is 1. The van der Waals surface area contributed by atoms with Gasteiger partial charge >= 0.3 is 5.97 Å². The molecule has 0 bridgehead atoms. The van der Waals surface area contributed by atoms with E-state index in [1.165, 1.54) is 18.4 Å². The predicted molar refractivity (Wildman–Crippen MR) is 95.1 cm³/mol. The Morgan fingerprint density at radius 2 is 2.08 bits per heavy atom. The molecule has 0 atom stereocenters. The standard InChI is InChI=1S/C20H23NO4/c22-19(21-11-10-15-6-2-1-3-7-15)14-25-20(23)17-12-16-8-4-5-9-18(16)24-13-17/h4-6,8-9,12H,1-3,7,10-11,13-14H2,(H,21,22). The van der Waals surface area contributed by atoms with Crippen molar-refractivity contribution in [3.8, 4) is 5.75 Å². The van der Waals surface area contributed by atoms with Crippen LogP contribution in [0, 0.1) is 0 Å². The Morgan fingerprint density at radius 1 is 1.20 bits per heavy atom. The van der Waals surface area contributed by atoms with E-state index in [0.717, 1.165) is 30.6 Å². The number of esters is 1. The zero-order chi connectivity index (χ0) is 17.5. The molecular formula is C20H23NO4. The Bertz CT molecular complexity index is 705. The van der Waals surface area contributed by atoms with Gasteiger partial charge in [0.1, 0.15) is 12.4 Å². The molecule has 1 aliphatic heterocycles. The maximum atomic E-state index is 12.1. The summed E-state index contributed by atoms with van der Waals surface area (Å²) in [5.74, 6) is -0.0454. The average molecular weight is 341 g/mol. The number of carbonyl (C=O) groups is 2. The fourth-order valence-corrected chi connectivity index (χ4v) is 3.00. The van der Waals surface area contributed by atoms with E-state index in [0.29, 0.717) is 12.1 Å². The number of nitrogens with one attached hydrogen (secondary N) is 1. The number of allylic oxidation sites excluding steroid dienone is 1. The van der Waals surface area contributed by atoms with Gasteiger partial charge in [0.15, 0.2) is 6.61 Å². The lowest BCUT2D eigenvalue weighted by molar-refractivity contribution is -0.145. The molecule has 1 aromatic rings. The van der Waals surface area contributed by atoms with Gasteiger partial charge in [-0.2, -0.15) is 0 Å². The van der Waals surface area contributed by atoms with Gasteiger partial charge in [-0.3, -0.25) is 4.79 Å². The van der Waals surface area contributed by atoms with Gasteiger partial charge in [-0.25, -0.2) is 4.79 Å². The van der Waals surface area contributed by atoms with Gasteiger partial charge in [0.05, 0.1) is 5.57 Å². The van der Waals surface area contributed by atoms with Crippen molar-refractivity contribution in [1.29, 1.82) is 0 Å². The minimum atomic E-state index is -0.514. The molecule has 2 aliphatic rings. The lowest BCUT2D eigenvalue weighted by Gasteiger charge is -2.17. The monoisotopic (exact) mass is 341 g/mol.